The fraction of sp³-hybridized carbons (Fsp3) is 0.800. The molecule has 1 saturated heterocycles. The Hall–Kier alpha value is -1.30. The van der Waals surface area contributed by atoms with Crippen molar-refractivity contribution in [3.05, 3.63) is 0 Å². The minimum atomic E-state index is -0.528. The Kier molecular flexibility index (Phi) is 3.42. The molecule has 0 unspecified atom stereocenters. The van der Waals surface area contributed by atoms with E-state index in [0.717, 1.165) is 0 Å². The summed E-state index contributed by atoms with van der Waals surface area (Å²) in [5.41, 5.74) is -0.528. The summed E-state index contributed by atoms with van der Waals surface area (Å²) < 4.78 is 5.13. The van der Waals surface area contributed by atoms with Crippen molar-refractivity contribution in [2.45, 2.75) is 26.4 Å². The molecule has 6 nitrogen and oxygen atoms in total. The lowest BCUT2D eigenvalue weighted by Crippen LogP contribution is -2.56. The van der Waals surface area contributed by atoms with Crippen LogP contribution in [0, 0.1) is 5.92 Å². The summed E-state index contributed by atoms with van der Waals surface area (Å²) in [5, 5.41) is 9.47. The molecule has 1 N–H and O–H groups in total. The van der Waals surface area contributed by atoms with Crippen molar-refractivity contribution >= 4 is 12.0 Å². The summed E-state index contributed by atoms with van der Waals surface area (Å²) in [5.74, 6) is -0.692. The summed E-state index contributed by atoms with van der Waals surface area (Å²) in [4.78, 5) is 24.2. The fourth-order valence-corrected chi connectivity index (χ4v) is 1.37. The molecule has 0 spiro atoms. The average Bonchev–Trinajstić information content (AvgIpc) is 1.96. The molecule has 0 saturated carbocycles. The molecule has 1 aliphatic rings. The van der Waals surface area contributed by atoms with Gasteiger partial charge in [-0.1, -0.05) is 0 Å². The molecule has 0 aromatic rings. The van der Waals surface area contributed by atoms with Gasteiger partial charge < -0.3 is 9.64 Å². The van der Waals surface area contributed by atoms with Crippen molar-refractivity contribution in [2.75, 3.05) is 20.1 Å². The SMILES string of the molecule is CN(O)C(=O)C1CN(C(=O)OC(C)(C)C)C1. The molecule has 16 heavy (non-hydrogen) atoms. The van der Waals surface area contributed by atoms with Crippen LogP contribution in [-0.4, -0.2) is 52.9 Å². The summed E-state index contributed by atoms with van der Waals surface area (Å²) in [6.45, 7) is 5.97. The Balaban J connectivity index is 2.36. The van der Waals surface area contributed by atoms with E-state index in [1.807, 2.05) is 0 Å². The van der Waals surface area contributed by atoms with Crippen LogP contribution in [0.2, 0.25) is 0 Å². The number of carbonyl (C=O) groups excluding carboxylic acids is 2. The van der Waals surface area contributed by atoms with E-state index in [1.165, 1.54) is 11.9 Å². The van der Waals surface area contributed by atoms with Crippen molar-refractivity contribution in [1.82, 2.24) is 9.96 Å². The number of carbonyl (C=O) groups is 2. The van der Waals surface area contributed by atoms with E-state index in [0.29, 0.717) is 18.2 Å². The van der Waals surface area contributed by atoms with Crippen LogP contribution < -0.4 is 0 Å². The first-order valence-electron chi connectivity index (χ1n) is 5.15. The number of nitrogens with zero attached hydrogens (tertiary/aromatic N) is 2. The van der Waals surface area contributed by atoms with Crippen LogP contribution in [-0.2, 0) is 9.53 Å². The summed E-state index contributed by atoms with van der Waals surface area (Å²) >= 11 is 0. The molecule has 2 amide bonds. The second-order valence-corrected chi connectivity index (χ2v) is 4.94. The standard InChI is InChI=1S/C10H18N2O4/c1-10(2,3)16-9(14)12-5-7(6-12)8(13)11(4)15/h7,15H,5-6H2,1-4H3. The molecule has 6 heteroatoms. The molecule has 0 aromatic carbocycles. The number of hydrogen-bond donors (Lipinski definition) is 1. The Morgan fingerprint density at radius 1 is 1.38 bits per heavy atom. The highest BCUT2D eigenvalue weighted by atomic mass is 16.6. The van der Waals surface area contributed by atoms with E-state index in [4.69, 9.17) is 9.94 Å². The van der Waals surface area contributed by atoms with Crippen molar-refractivity contribution in [3.8, 4) is 0 Å². The fourth-order valence-electron chi connectivity index (χ4n) is 1.37. The van der Waals surface area contributed by atoms with Gasteiger partial charge in [0.15, 0.2) is 0 Å². The van der Waals surface area contributed by atoms with Gasteiger partial charge in [-0.3, -0.25) is 10.0 Å². The minimum Gasteiger partial charge on any atom is -0.444 e. The molecule has 1 rings (SSSR count). The molecule has 1 aliphatic heterocycles. The van der Waals surface area contributed by atoms with Gasteiger partial charge >= 0.3 is 6.09 Å². The van der Waals surface area contributed by atoms with Gasteiger partial charge in [-0.05, 0) is 20.8 Å². The van der Waals surface area contributed by atoms with Crippen molar-refractivity contribution in [3.63, 3.8) is 0 Å². The maximum atomic E-state index is 11.5. The Bertz CT molecular complexity index is 290. The average molecular weight is 230 g/mol. The van der Waals surface area contributed by atoms with E-state index in [2.05, 4.69) is 0 Å². The van der Waals surface area contributed by atoms with Gasteiger partial charge in [-0.15, -0.1) is 0 Å². The third-order valence-corrected chi connectivity index (χ3v) is 2.20. The topological polar surface area (TPSA) is 70.1 Å². The van der Waals surface area contributed by atoms with Crippen molar-refractivity contribution in [2.24, 2.45) is 5.92 Å². The molecule has 0 atom stereocenters. The smallest absolute Gasteiger partial charge is 0.410 e. The minimum absolute atomic E-state index is 0.304. The molecule has 0 aliphatic carbocycles. The van der Waals surface area contributed by atoms with Crippen LogP contribution in [0.25, 0.3) is 0 Å². The number of likely N-dealkylation sites (tertiary alicyclic amines) is 1. The Labute approximate surface area is 94.7 Å². The van der Waals surface area contributed by atoms with Gasteiger partial charge in [0.2, 0.25) is 0 Å². The lowest BCUT2D eigenvalue weighted by Gasteiger charge is -2.39. The maximum Gasteiger partial charge on any atom is 0.410 e. The molecule has 0 bridgehead atoms. The van der Waals surface area contributed by atoms with Gasteiger partial charge in [0, 0.05) is 20.1 Å². The first-order chi connectivity index (χ1) is 7.20. The molecule has 0 aromatic heterocycles. The van der Waals surface area contributed by atoms with Crippen LogP contribution in [0.1, 0.15) is 20.8 Å². The zero-order chi connectivity index (χ0) is 12.5. The monoisotopic (exact) mass is 230 g/mol. The normalized spacial score (nSPS) is 16.7. The number of hydroxylamine groups is 2. The quantitative estimate of drug-likeness (QED) is 0.531. The molecule has 1 heterocycles. The summed E-state index contributed by atoms with van der Waals surface area (Å²) in [7, 11) is 1.28. The highest BCUT2D eigenvalue weighted by molar-refractivity contribution is 5.81. The molecular formula is C10H18N2O4. The van der Waals surface area contributed by atoms with Gasteiger partial charge in [-0.2, -0.15) is 0 Å². The third-order valence-electron chi connectivity index (χ3n) is 2.20. The van der Waals surface area contributed by atoms with E-state index in [1.54, 1.807) is 20.8 Å². The third kappa shape index (κ3) is 3.10. The number of hydrogen-bond acceptors (Lipinski definition) is 4. The van der Waals surface area contributed by atoms with Gasteiger partial charge in [0.25, 0.3) is 5.91 Å². The highest BCUT2D eigenvalue weighted by Crippen LogP contribution is 2.20. The van der Waals surface area contributed by atoms with Crippen LogP contribution in [0.3, 0.4) is 0 Å². The van der Waals surface area contributed by atoms with Crippen LogP contribution in [0.15, 0.2) is 0 Å². The largest absolute Gasteiger partial charge is 0.444 e. The molecule has 0 radical (unpaired) electrons. The van der Waals surface area contributed by atoms with Gasteiger partial charge in [0.1, 0.15) is 5.60 Å². The zero-order valence-corrected chi connectivity index (χ0v) is 10.1. The summed E-state index contributed by atoms with van der Waals surface area (Å²) in [6, 6.07) is 0. The van der Waals surface area contributed by atoms with E-state index < -0.39 is 11.7 Å². The Morgan fingerprint density at radius 3 is 2.25 bits per heavy atom. The lowest BCUT2D eigenvalue weighted by molar-refractivity contribution is -0.169. The second-order valence-electron chi connectivity index (χ2n) is 4.94. The first kappa shape index (κ1) is 12.8. The van der Waals surface area contributed by atoms with Gasteiger partial charge in [0.05, 0.1) is 5.92 Å². The van der Waals surface area contributed by atoms with Crippen LogP contribution in [0.5, 0.6) is 0 Å². The maximum absolute atomic E-state index is 11.5. The zero-order valence-electron chi connectivity index (χ0n) is 10.1. The second kappa shape index (κ2) is 4.29. The molecule has 92 valence electrons. The highest BCUT2D eigenvalue weighted by Gasteiger charge is 2.38. The molecule has 1 fully saturated rings. The Morgan fingerprint density at radius 2 is 1.88 bits per heavy atom. The first-order valence-corrected chi connectivity index (χ1v) is 5.15. The van der Waals surface area contributed by atoms with Crippen LogP contribution >= 0.6 is 0 Å². The van der Waals surface area contributed by atoms with E-state index in [-0.39, 0.29) is 11.8 Å². The van der Waals surface area contributed by atoms with E-state index in [9.17, 15) is 9.59 Å². The lowest BCUT2D eigenvalue weighted by atomic mass is 10.00. The summed E-state index contributed by atoms with van der Waals surface area (Å²) in [6.07, 6.45) is -0.419. The molecular weight excluding hydrogens is 212 g/mol. The van der Waals surface area contributed by atoms with Crippen LogP contribution in [0.4, 0.5) is 4.79 Å². The van der Waals surface area contributed by atoms with Crippen molar-refractivity contribution < 1.29 is 19.5 Å². The van der Waals surface area contributed by atoms with E-state index >= 15 is 0 Å². The predicted octanol–water partition coefficient (Wildman–Crippen LogP) is 0.701. The van der Waals surface area contributed by atoms with Crippen molar-refractivity contribution in [1.29, 1.82) is 0 Å². The van der Waals surface area contributed by atoms with Gasteiger partial charge in [-0.25, -0.2) is 9.86 Å². The number of amides is 2. The number of rotatable bonds is 1. The predicted molar refractivity (Wildman–Crippen MR) is 55.9 cm³/mol. The number of ether oxygens (including phenoxy) is 1.